The van der Waals surface area contributed by atoms with E-state index in [1.807, 2.05) is 30.9 Å². The average molecular weight is 320 g/mol. The van der Waals surface area contributed by atoms with E-state index in [0.717, 1.165) is 29.6 Å². The fourth-order valence-electron chi connectivity index (χ4n) is 2.55. The third kappa shape index (κ3) is 3.37. The van der Waals surface area contributed by atoms with Gasteiger partial charge < -0.3 is 10.1 Å². The van der Waals surface area contributed by atoms with Gasteiger partial charge in [0.2, 0.25) is 0 Å². The molecule has 0 radical (unpaired) electrons. The van der Waals surface area contributed by atoms with E-state index >= 15 is 0 Å². The van der Waals surface area contributed by atoms with Crippen molar-refractivity contribution in [3.8, 4) is 5.75 Å². The first-order valence-electron chi connectivity index (χ1n) is 7.08. The Kier molecular flexibility index (Phi) is 4.73. The number of hydrogen-bond acceptors (Lipinski definition) is 3. The molecule has 1 aliphatic heterocycles. The zero-order chi connectivity index (χ0) is 14.7. The lowest BCUT2D eigenvalue weighted by Crippen LogP contribution is -2.19. The van der Waals surface area contributed by atoms with Crippen LogP contribution < -0.4 is 10.1 Å². The maximum absolute atomic E-state index is 5.92. The van der Waals surface area contributed by atoms with E-state index in [1.165, 1.54) is 16.0 Å². The third-order valence-electron chi connectivity index (χ3n) is 3.70. The normalized spacial score (nSPS) is 14.6. The summed E-state index contributed by atoms with van der Waals surface area (Å²) in [6.45, 7) is 0.799. The Morgan fingerprint density at radius 2 is 2.05 bits per heavy atom. The number of halogens is 1. The van der Waals surface area contributed by atoms with E-state index < -0.39 is 0 Å². The van der Waals surface area contributed by atoms with Crippen molar-refractivity contribution in [2.24, 2.45) is 0 Å². The van der Waals surface area contributed by atoms with E-state index in [-0.39, 0.29) is 6.04 Å². The van der Waals surface area contributed by atoms with E-state index in [2.05, 4.69) is 35.6 Å². The largest absolute Gasteiger partial charge is 0.493 e. The van der Waals surface area contributed by atoms with Crippen LogP contribution in [0.15, 0.2) is 47.4 Å². The molecule has 110 valence electrons. The number of fused-ring (bicyclic) bond motifs is 1. The summed E-state index contributed by atoms with van der Waals surface area (Å²) in [5.41, 5.74) is 2.58. The Balaban J connectivity index is 1.74. The Hall–Kier alpha value is -1.16. The predicted octanol–water partition coefficient (Wildman–Crippen LogP) is 4.33. The highest BCUT2D eigenvalue weighted by molar-refractivity contribution is 7.99. The topological polar surface area (TPSA) is 21.3 Å². The first-order valence-corrected chi connectivity index (χ1v) is 8.44. The van der Waals surface area contributed by atoms with Crippen LogP contribution in [0, 0.1) is 0 Å². The second kappa shape index (κ2) is 6.73. The number of nitrogens with one attached hydrogen (secondary N) is 1. The Morgan fingerprint density at radius 1 is 1.24 bits per heavy atom. The molecule has 0 saturated heterocycles. The minimum atomic E-state index is 0.277. The van der Waals surface area contributed by atoms with Crippen LogP contribution in [-0.2, 0) is 6.42 Å². The molecule has 0 saturated carbocycles. The van der Waals surface area contributed by atoms with E-state index in [1.54, 1.807) is 0 Å². The molecule has 2 nitrogen and oxygen atoms in total. The van der Waals surface area contributed by atoms with Gasteiger partial charge in [0.25, 0.3) is 0 Å². The van der Waals surface area contributed by atoms with Crippen LogP contribution in [0.1, 0.15) is 17.2 Å². The molecule has 1 atom stereocenters. The lowest BCUT2D eigenvalue weighted by Gasteiger charge is -2.19. The van der Waals surface area contributed by atoms with E-state index in [4.69, 9.17) is 16.3 Å². The Morgan fingerprint density at radius 3 is 2.81 bits per heavy atom. The van der Waals surface area contributed by atoms with Gasteiger partial charge in [-0.05, 0) is 36.9 Å². The SMILES string of the molecule is CNC(CSc1ccc(Cl)cc1)c1cccc2c1OCC2. The van der Waals surface area contributed by atoms with Gasteiger partial charge in [-0.25, -0.2) is 0 Å². The average Bonchev–Trinajstić information content (AvgIpc) is 2.99. The summed E-state index contributed by atoms with van der Waals surface area (Å²) in [4.78, 5) is 1.23. The summed E-state index contributed by atoms with van der Waals surface area (Å²) in [5, 5.41) is 4.18. The van der Waals surface area contributed by atoms with Gasteiger partial charge >= 0.3 is 0 Å². The third-order valence-corrected chi connectivity index (χ3v) is 5.06. The Bertz CT molecular complexity index is 615. The lowest BCUT2D eigenvalue weighted by molar-refractivity contribution is 0.350. The molecule has 0 spiro atoms. The first-order chi connectivity index (χ1) is 10.3. The van der Waals surface area contributed by atoms with Crippen LogP contribution in [-0.4, -0.2) is 19.4 Å². The zero-order valence-electron chi connectivity index (χ0n) is 11.9. The molecule has 4 heteroatoms. The van der Waals surface area contributed by atoms with Gasteiger partial charge in [0.1, 0.15) is 5.75 Å². The molecular weight excluding hydrogens is 302 g/mol. The van der Waals surface area contributed by atoms with Crippen molar-refractivity contribution in [1.82, 2.24) is 5.32 Å². The van der Waals surface area contributed by atoms with Gasteiger partial charge in [0.15, 0.2) is 0 Å². The second-order valence-electron chi connectivity index (χ2n) is 5.04. The van der Waals surface area contributed by atoms with Gasteiger partial charge in [-0.2, -0.15) is 0 Å². The van der Waals surface area contributed by atoms with Crippen LogP contribution in [0.2, 0.25) is 5.02 Å². The van der Waals surface area contributed by atoms with Crippen molar-refractivity contribution in [3.63, 3.8) is 0 Å². The molecule has 0 aliphatic carbocycles. The number of thioether (sulfide) groups is 1. The smallest absolute Gasteiger partial charge is 0.127 e. The van der Waals surface area contributed by atoms with Crippen molar-refractivity contribution in [2.75, 3.05) is 19.4 Å². The Labute approximate surface area is 134 Å². The van der Waals surface area contributed by atoms with Crippen LogP contribution in [0.4, 0.5) is 0 Å². The maximum atomic E-state index is 5.92. The van der Waals surface area contributed by atoms with Crippen molar-refractivity contribution in [3.05, 3.63) is 58.6 Å². The fourth-order valence-corrected chi connectivity index (χ4v) is 3.71. The predicted molar refractivity (Wildman–Crippen MR) is 89.6 cm³/mol. The molecule has 1 aliphatic rings. The summed E-state index contributed by atoms with van der Waals surface area (Å²) >= 11 is 7.75. The van der Waals surface area contributed by atoms with Crippen LogP contribution in [0.5, 0.6) is 5.75 Å². The van der Waals surface area contributed by atoms with Gasteiger partial charge in [-0.15, -0.1) is 11.8 Å². The lowest BCUT2D eigenvalue weighted by atomic mass is 10.0. The van der Waals surface area contributed by atoms with E-state index in [0.29, 0.717) is 0 Å². The molecule has 0 bridgehead atoms. The number of para-hydroxylation sites is 1. The number of rotatable bonds is 5. The molecule has 3 rings (SSSR count). The monoisotopic (exact) mass is 319 g/mol. The van der Waals surface area contributed by atoms with Gasteiger partial charge in [-0.1, -0.05) is 29.8 Å². The first kappa shape index (κ1) is 14.8. The molecule has 0 fully saturated rings. The van der Waals surface area contributed by atoms with Crippen LogP contribution >= 0.6 is 23.4 Å². The molecule has 0 aromatic heterocycles. The molecular formula is C17H18ClNOS. The molecule has 1 unspecified atom stereocenters. The van der Waals surface area contributed by atoms with Crippen molar-refractivity contribution in [2.45, 2.75) is 17.4 Å². The molecule has 0 amide bonds. The quantitative estimate of drug-likeness (QED) is 0.829. The van der Waals surface area contributed by atoms with Crippen molar-refractivity contribution < 1.29 is 4.74 Å². The summed E-state index contributed by atoms with van der Waals surface area (Å²) in [5.74, 6) is 2.03. The summed E-state index contributed by atoms with van der Waals surface area (Å²) < 4.78 is 5.81. The standard InChI is InChI=1S/C17H18ClNOS/c1-19-16(11-21-14-7-5-13(18)6-8-14)15-4-2-3-12-9-10-20-17(12)15/h2-8,16,19H,9-11H2,1H3. The molecule has 21 heavy (non-hydrogen) atoms. The van der Waals surface area contributed by atoms with E-state index in [9.17, 15) is 0 Å². The fraction of sp³-hybridized carbons (Fsp3) is 0.294. The molecule has 1 N–H and O–H groups in total. The number of ether oxygens (including phenoxy) is 1. The second-order valence-corrected chi connectivity index (χ2v) is 6.57. The molecule has 2 aromatic carbocycles. The minimum absolute atomic E-state index is 0.277. The van der Waals surface area contributed by atoms with Crippen LogP contribution in [0.3, 0.4) is 0 Å². The van der Waals surface area contributed by atoms with Crippen molar-refractivity contribution >= 4 is 23.4 Å². The summed E-state index contributed by atoms with van der Waals surface area (Å²) in [7, 11) is 2.00. The number of benzene rings is 2. The summed E-state index contributed by atoms with van der Waals surface area (Å²) in [6.07, 6.45) is 1.02. The van der Waals surface area contributed by atoms with Crippen LogP contribution in [0.25, 0.3) is 0 Å². The number of hydrogen-bond donors (Lipinski definition) is 1. The summed E-state index contributed by atoms with van der Waals surface area (Å²) in [6, 6.07) is 14.7. The van der Waals surface area contributed by atoms with Gasteiger partial charge in [0, 0.05) is 33.7 Å². The van der Waals surface area contributed by atoms with Gasteiger partial charge in [0.05, 0.1) is 6.61 Å². The van der Waals surface area contributed by atoms with Gasteiger partial charge in [-0.3, -0.25) is 0 Å². The maximum Gasteiger partial charge on any atom is 0.127 e. The molecule has 1 heterocycles. The van der Waals surface area contributed by atoms with Crippen molar-refractivity contribution in [1.29, 1.82) is 0 Å². The highest BCUT2D eigenvalue weighted by Crippen LogP contribution is 2.35. The highest BCUT2D eigenvalue weighted by atomic mass is 35.5. The molecule has 2 aromatic rings. The minimum Gasteiger partial charge on any atom is -0.493 e. The highest BCUT2D eigenvalue weighted by Gasteiger charge is 2.21. The zero-order valence-corrected chi connectivity index (χ0v) is 13.5.